The van der Waals surface area contributed by atoms with Crippen LogP contribution in [0.2, 0.25) is 0 Å². The number of guanidine groups is 1. The van der Waals surface area contributed by atoms with Crippen molar-refractivity contribution in [2.75, 3.05) is 47.1 Å². The average Bonchev–Trinajstić information content (AvgIpc) is 2.91. The van der Waals surface area contributed by atoms with Crippen molar-refractivity contribution in [1.29, 1.82) is 0 Å². The molecule has 0 aromatic heterocycles. The van der Waals surface area contributed by atoms with Crippen molar-refractivity contribution in [3.05, 3.63) is 0 Å². The van der Waals surface area contributed by atoms with Gasteiger partial charge in [-0.2, -0.15) is 0 Å². The summed E-state index contributed by atoms with van der Waals surface area (Å²) in [5, 5.41) is 3.54. The normalized spacial score (nSPS) is 30.8. The van der Waals surface area contributed by atoms with Crippen LogP contribution in [-0.2, 0) is 9.47 Å². The van der Waals surface area contributed by atoms with Crippen LogP contribution in [0.4, 0.5) is 0 Å². The third-order valence-electron chi connectivity index (χ3n) is 4.01. The third kappa shape index (κ3) is 4.35. The van der Waals surface area contributed by atoms with Crippen LogP contribution in [-0.4, -0.2) is 64.0 Å². The second-order valence-electron chi connectivity index (χ2n) is 5.68. The first-order chi connectivity index (χ1) is 9.24. The number of likely N-dealkylation sites (tertiary alicyclic amines) is 1. The molecule has 1 aliphatic heterocycles. The molecular formula is C14H27N3O2. The van der Waals surface area contributed by atoms with Crippen molar-refractivity contribution < 1.29 is 9.47 Å². The summed E-state index contributed by atoms with van der Waals surface area (Å²) >= 11 is 0. The highest BCUT2D eigenvalue weighted by Gasteiger charge is 2.35. The van der Waals surface area contributed by atoms with Gasteiger partial charge in [0.25, 0.3) is 0 Å². The van der Waals surface area contributed by atoms with Gasteiger partial charge in [0.2, 0.25) is 0 Å². The summed E-state index contributed by atoms with van der Waals surface area (Å²) in [6.45, 7) is 6.61. The summed E-state index contributed by atoms with van der Waals surface area (Å²) in [4.78, 5) is 6.76. The Morgan fingerprint density at radius 3 is 2.84 bits per heavy atom. The summed E-state index contributed by atoms with van der Waals surface area (Å²) in [6.07, 6.45) is 2.46. The lowest BCUT2D eigenvalue weighted by Crippen LogP contribution is -2.41. The monoisotopic (exact) mass is 269 g/mol. The van der Waals surface area contributed by atoms with Crippen LogP contribution in [0.3, 0.4) is 0 Å². The Balaban J connectivity index is 1.68. The van der Waals surface area contributed by atoms with Gasteiger partial charge in [-0.25, -0.2) is 0 Å². The van der Waals surface area contributed by atoms with E-state index in [1.807, 2.05) is 7.05 Å². The fourth-order valence-electron chi connectivity index (χ4n) is 2.54. The number of methoxy groups -OCH3 is 1. The van der Waals surface area contributed by atoms with E-state index in [1.54, 1.807) is 7.11 Å². The second kappa shape index (κ2) is 7.10. The predicted octanol–water partition coefficient (Wildman–Crippen LogP) is 0.955. The lowest BCUT2D eigenvalue weighted by Gasteiger charge is -2.21. The van der Waals surface area contributed by atoms with Crippen LogP contribution in [0.1, 0.15) is 19.8 Å². The molecular weight excluding hydrogens is 242 g/mol. The van der Waals surface area contributed by atoms with E-state index >= 15 is 0 Å². The minimum absolute atomic E-state index is 0.618. The second-order valence-corrected chi connectivity index (χ2v) is 5.68. The van der Waals surface area contributed by atoms with Crippen LogP contribution < -0.4 is 5.32 Å². The Kier molecular flexibility index (Phi) is 5.45. The number of nitrogens with zero attached hydrogens (tertiary/aromatic N) is 2. The maximum absolute atomic E-state index is 5.62. The van der Waals surface area contributed by atoms with Gasteiger partial charge < -0.3 is 19.7 Å². The molecule has 0 amide bonds. The number of hydrogen-bond acceptors (Lipinski definition) is 3. The highest BCUT2D eigenvalue weighted by Crippen LogP contribution is 2.29. The van der Waals surface area contributed by atoms with Crippen molar-refractivity contribution in [3.8, 4) is 0 Å². The van der Waals surface area contributed by atoms with Crippen LogP contribution in [0.5, 0.6) is 0 Å². The SMILES string of the molecule is CN=C(NC1CC1C)N1CCC(COCCOC)C1. The number of rotatable bonds is 6. The molecule has 1 N–H and O–H groups in total. The molecule has 2 aliphatic rings. The largest absolute Gasteiger partial charge is 0.382 e. The Morgan fingerprint density at radius 2 is 2.21 bits per heavy atom. The van der Waals surface area contributed by atoms with E-state index in [1.165, 1.54) is 12.8 Å². The standard InChI is InChI=1S/C14H27N3O2/c1-11-8-13(11)16-14(15-2)17-5-4-12(9-17)10-19-7-6-18-3/h11-13H,4-10H2,1-3H3,(H,15,16). The number of ether oxygens (including phenoxy) is 2. The van der Waals surface area contributed by atoms with E-state index in [0.29, 0.717) is 25.2 Å². The molecule has 0 spiro atoms. The molecule has 0 radical (unpaired) electrons. The van der Waals surface area contributed by atoms with Crippen LogP contribution in [0.25, 0.3) is 0 Å². The first-order valence-corrected chi connectivity index (χ1v) is 7.29. The highest BCUT2D eigenvalue weighted by molar-refractivity contribution is 5.80. The Morgan fingerprint density at radius 1 is 1.42 bits per heavy atom. The lowest BCUT2D eigenvalue weighted by molar-refractivity contribution is 0.0536. The van der Waals surface area contributed by atoms with Gasteiger partial charge >= 0.3 is 0 Å². The van der Waals surface area contributed by atoms with Crippen molar-refractivity contribution in [2.24, 2.45) is 16.8 Å². The zero-order chi connectivity index (χ0) is 13.7. The topological polar surface area (TPSA) is 46.1 Å². The van der Waals surface area contributed by atoms with Gasteiger partial charge in [-0.05, 0) is 18.8 Å². The summed E-state index contributed by atoms with van der Waals surface area (Å²) in [5.74, 6) is 2.48. The molecule has 110 valence electrons. The van der Waals surface area contributed by atoms with Gasteiger partial charge in [-0.3, -0.25) is 4.99 Å². The number of nitrogens with one attached hydrogen (secondary N) is 1. The quantitative estimate of drug-likeness (QED) is 0.443. The Labute approximate surface area is 116 Å². The van der Waals surface area contributed by atoms with Gasteiger partial charge in [0.05, 0.1) is 19.8 Å². The molecule has 3 unspecified atom stereocenters. The molecule has 5 nitrogen and oxygen atoms in total. The number of hydrogen-bond donors (Lipinski definition) is 1. The maximum Gasteiger partial charge on any atom is 0.193 e. The minimum atomic E-state index is 0.618. The fraction of sp³-hybridized carbons (Fsp3) is 0.929. The van der Waals surface area contributed by atoms with Gasteiger partial charge in [0.1, 0.15) is 0 Å². The molecule has 0 bridgehead atoms. The first-order valence-electron chi connectivity index (χ1n) is 7.29. The third-order valence-corrected chi connectivity index (χ3v) is 4.01. The molecule has 2 fully saturated rings. The Hall–Kier alpha value is -0.810. The van der Waals surface area contributed by atoms with Crippen LogP contribution >= 0.6 is 0 Å². The highest BCUT2D eigenvalue weighted by atomic mass is 16.5. The van der Waals surface area contributed by atoms with E-state index < -0.39 is 0 Å². The molecule has 1 saturated heterocycles. The summed E-state index contributed by atoms with van der Waals surface area (Å²) in [6, 6.07) is 0.635. The summed E-state index contributed by atoms with van der Waals surface area (Å²) in [5.41, 5.74) is 0. The van der Waals surface area contributed by atoms with Gasteiger partial charge in [0.15, 0.2) is 5.96 Å². The van der Waals surface area contributed by atoms with E-state index in [4.69, 9.17) is 9.47 Å². The molecule has 0 aromatic rings. The zero-order valence-corrected chi connectivity index (χ0v) is 12.4. The fourth-order valence-corrected chi connectivity index (χ4v) is 2.54. The summed E-state index contributed by atoms with van der Waals surface area (Å²) in [7, 11) is 3.58. The van der Waals surface area contributed by atoms with Crippen molar-refractivity contribution in [3.63, 3.8) is 0 Å². The van der Waals surface area contributed by atoms with Crippen molar-refractivity contribution >= 4 is 5.96 Å². The molecule has 2 rings (SSSR count). The molecule has 3 atom stereocenters. The number of aliphatic imine (C=N–C) groups is 1. The molecule has 0 aromatic carbocycles. The van der Waals surface area contributed by atoms with E-state index in [9.17, 15) is 0 Å². The molecule has 1 saturated carbocycles. The molecule has 1 heterocycles. The van der Waals surface area contributed by atoms with Crippen LogP contribution in [0.15, 0.2) is 4.99 Å². The Bertz CT molecular complexity index is 309. The smallest absolute Gasteiger partial charge is 0.193 e. The van der Waals surface area contributed by atoms with Crippen molar-refractivity contribution in [1.82, 2.24) is 10.2 Å². The molecule has 5 heteroatoms. The first kappa shape index (κ1) is 14.6. The average molecular weight is 269 g/mol. The van der Waals surface area contributed by atoms with E-state index in [0.717, 1.165) is 31.6 Å². The minimum Gasteiger partial charge on any atom is -0.382 e. The van der Waals surface area contributed by atoms with Crippen molar-refractivity contribution in [2.45, 2.75) is 25.8 Å². The molecule has 19 heavy (non-hydrogen) atoms. The predicted molar refractivity (Wildman–Crippen MR) is 76.4 cm³/mol. The lowest BCUT2D eigenvalue weighted by atomic mass is 10.1. The van der Waals surface area contributed by atoms with E-state index in [2.05, 4.69) is 22.1 Å². The molecule has 1 aliphatic carbocycles. The van der Waals surface area contributed by atoms with Gasteiger partial charge in [-0.15, -0.1) is 0 Å². The van der Waals surface area contributed by atoms with E-state index in [-0.39, 0.29) is 0 Å². The maximum atomic E-state index is 5.62. The van der Waals surface area contributed by atoms with Gasteiger partial charge in [-0.1, -0.05) is 6.92 Å². The summed E-state index contributed by atoms with van der Waals surface area (Å²) < 4.78 is 10.6. The van der Waals surface area contributed by atoms with Crippen LogP contribution in [0, 0.1) is 11.8 Å². The zero-order valence-electron chi connectivity index (χ0n) is 12.4. The van der Waals surface area contributed by atoms with Gasteiger partial charge in [0, 0.05) is 39.2 Å².